The van der Waals surface area contributed by atoms with Gasteiger partial charge in [0.1, 0.15) is 4.58 Å². The second-order valence-corrected chi connectivity index (χ2v) is 10.0. The molecule has 0 aliphatic carbocycles. The topological polar surface area (TPSA) is 61.8 Å². The molecular weight excluding hydrogens is 438 g/mol. The number of carbonyl (C=O) groups is 2. The van der Waals surface area contributed by atoms with E-state index in [1.54, 1.807) is 6.07 Å². The SMILES string of the molecule is Cc1cccc(N=C(Nc2cccc(C)c2)SC2SC(=O)N(c3cccc(C)c3)C2=O)c1. The van der Waals surface area contributed by atoms with Gasteiger partial charge < -0.3 is 5.32 Å². The number of rotatable bonds is 4. The highest BCUT2D eigenvalue weighted by atomic mass is 32.2. The van der Waals surface area contributed by atoms with Crippen LogP contribution < -0.4 is 10.2 Å². The van der Waals surface area contributed by atoms with Crippen LogP contribution in [0.5, 0.6) is 0 Å². The van der Waals surface area contributed by atoms with E-state index in [0.29, 0.717) is 10.9 Å². The van der Waals surface area contributed by atoms with E-state index in [1.807, 2.05) is 87.5 Å². The Morgan fingerprint density at radius 2 is 1.56 bits per heavy atom. The molecule has 0 spiro atoms. The van der Waals surface area contributed by atoms with Crippen LogP contribution in [0.2, 0.25) is 0 Å². The Kier molecular flexibility index (Phi) is 6.67. The molecule has 0 aromatic heterocycles. The second kappa shape index (κ2) is 9.63. The molecule has 0 bridgehead atoms. The number of aryl methyl sites for hydroxylation is 3. The fourth-order valence-electron chi connectivity index (χ4n) is 3.31. The van der Waals surface area contributed by atoms with Gasteiger partial charge in [0.25, 0.3) is 11.1 Å². The van der Waals surface area contributed by atoms with Crippen molar-refractivity contribution in [2.24, 2.45) is 4.99 Å². The number of anilines is 2. The Morgan fingerprint density at radius 1 is 0.906 bits per heavy atom. The van der Waals surface area contributed by atoms with Crippen molar-refractivity contribution in [2.75, 3.05) is 10.2 Å². The molecule has 3 aromatic rings. The van der Waals surface area contributed by atoms with Crippen molar-refractivity contribution in [1.29, 1.82) is 0 Å². The van der Waals surface area contributed by atoms with Crippen LogP contribution in [0.4, 0.5) is 21.9 Å². The monoisotopic (exact) mass is 461 g/mol. The predicted octanol–water partition coefficient (Wildman–Crippen LogP) is 6.67. The summed E-state index contributed by atoms with van der Waals surface area (Å²) < 4.78 is -0.621. The zero-order chi connectivity index (χ0) is 22.7. The quantitative estimate of drug-likeness (QED) is 0.347. The molecule has 1 N–H and O–H groups in total. The summed E-state index contributed by atoms with van der Waals surface area (Å²) in [6.45, 7) is 5.96. The standard InChI is InChI=1S/C25H23N3O2S2/c1-16-7-4-10-19(13-16)26-24(27-20-11-5-8-17(2)14-20)31-23-22(29)28(25(30)32-23)21-12-6-9-18(3)15-21/h4-15,23H,1-3H3,(H,26,27). The highest BCUT2D eigenvalue weighted by Crippen LogP contribution is 2.39. The highest BCUT2D eigenvalue weighted by molar-refractivity contribution is 8.31. The Morgan fingerprint density at radius 3 is 2.25 bits per heavy atom. The summed E-state index contributed by atoms with van der Waals surface area (Å²) in [5, 5.41) is 3.62. The van der Waals surface area contributed by atoms with Crippen molar-refractivity contribution >= 4 is 56.9 Å². The number of aliphatic imine (C=N–C) groups is 1. The third-order valence-corrected chi connectivity index (χ3v) is 7.00. The molecule has 7 heteroatoms. The zero-order valence-electron chi connectivity index (χ0n) is 18.0. The summed E-state index contributed by atoms with van der Waals surface area (Å²) >= 11 is 2.28. The van der Waals surface area contributed by atoms with E-state index in [2.05, 4.69) is 5.32 Å². The molecule has 4 rings (SSSR count). The summed E-state index contributed by atoms with van der Waals surface area (Å²) in [7, 11) is 0. The van der Waals surface area contributed by atoms with Gasteiger partial charge in [-0.15, -0.1) is 0 Å². The van der Waals surface area contributed by atoms with Gasteiger partial charge in [-0.2, -0.15) is 0 Å². The van der Waals surface area contributed by atoms with Crippen LogP contribution in [-0.4, -0.2) is 20.9 Å². The van der Waals surface area contributed by atoms with E-state index >= 15 is 0 Å². The summed E-state index contributed by atoms with van der Waals surface area (Å²) in [6, 6.07) is 23.2. The summed E-state index contributed by atoms with van der Waals surface area (Å²) in [4.78, 5) is 31.9. The Bertz CT molecular complexity index is 1210. The lowest BCUT2D eigenvalue weighted by Crippen LogP contribution is -2.31. The highest BCUT2D eigenvalue weighted by Gasteiger charge is 2.42. The van der Waals surface area contributed by atoms with Crippen LogP contribution in [0, 0.1) is 20.8 Å². The van der Waals surface area contributed by atoms with Crippen molar-refractivity contribution in [3.05, 3.63) is 89.5 Å². The average molecular weight is 462 g/mol. The number of thioether (sulfide) groups is 2. The van der Waals surface area contributed by atoms with Crippen LogP contribution >= 0.6 is 23.5 Å². The van der Waals surface area contributed by atoms with Gasteiger partial charge in [-0.1, -0.05) is 48.2 Å². The molecule has 0 saturated carbocycles. The number of nitrogens with one attached hydrogen (secondary N) is 1. The first-order chi connectivity index (χ1) is 15.4. The first-order valence-electron chi connectivity index (χ1n) is 10.2. The first-order valence-corrected chi connectivity index (χ1v) is 11.9. The van der Waals surface area contributed by atoms with Crippen LogP contribution in [0.25, 0.3) is 0 Å². The minimum absolute atomic E-state index is 0.251. The third-order valence-electron chi connectivity index (χ3n) is 4.79. The van der Waals surface area contributed by atoms with E-state index in [-0.39, 0.29) is 11.1 Å². The molecule has 1 saturated heterocycles. The summed E-state index contributed by atoms with van der Waals surface area (Å²) in [5.74, 6) is -0.251. The predicted molar refractivity (Wildman–Crippen MR) is 136 cm³/mol. The van der Waals surface area contributed by atoms with Crippen molar-refractivity contribution in [1.82, 2.24) is 0 Å². The van der Waals surface area contributed by atoms with Gasteiger partial charge in [-0.05, 0) is 85.6 Å². The maximum Gasteiger partial charge on any atom is 0.294 e. The smallest absolute Gasteiger partial charge is 0.294 e. The number of benzene rings is 3. The molecule has 32 heavy (non-hydrogen) atoms. The van der Waals surface area contributed by atoms with Gasteiger partial charge in [0.15, 0.2) is 5.17 Å². The maximum absolute atomic E-state index is 13.2. The number of amides is 2. The van der Waals surface area contributed by atoms with Crippen molar-refractivity contribution in [3.8, 4) is 0 Å². The fraction of sp³-hybridized carbons (Fsp3) is 0.160. The lowest BCUT2D eigenvalue weighted by molar-refractivity contribution is -0.115. The molecule has 1 atom stereocenters. The molecule has 1 aliphatic rings. The normalized spacial score (nSPS) is 16.5. The fourth-order valence-corrected chi connectivity index (χ4v) is 5.46. The first kappa shape index (κ1) is 22.2. The van der Waals surface area contributed by atoms with Crippen molar-refractivity contribution in [2.45, 2.75) is 25.4 Å². The van der Waals surface area contributed by atoms with Crippen molar-refractivity contribution < 1.29 is 9.59 Å². The van der Waals surface area contributed by atoms with Crippen LogP contribution in [-0.2, 0) is 4.79 Å². The molecule has 5 nitrogen and oxygen atoms in total. The Labute approximate surface area is 196 Å². The number of nitrogens with zero attached hydrogens (tertiary/aromatic N) is 2. The van der Waals surface area contributed by atoms with Gasteiger partial charge >= 0.3 is 0 Å². The van der Waals surface area contributed by atoms with Crippen LogP contribution in [0.1, 0.15) is 16.7 Å². The molecule has 1 unspecified atom stereocenters. The average Bonchev–Trinajstić information content (AvgIpc) is 3.01. The lowest BCUT2D eigenvalue weighted by Gasteiger charge is -2.15. The van der Waals surface area contributed by atoms with Gasteiger partial charge in [0, 0.05) is 5.69 Å². The number of hydrogen-bond donors (Lipinski definition) is 1. The molecule has 1 heterocycles. The molecular formula is C25H23N3O2S2. The number of amidine groups is 1. The molecule has 0 radical (unpaired) electrons. The molecule has 1 fully saturated rings. The Hall–Kier alpha value is -3.03. The minimum atomic E-state index is -0.621. The second-order valence-electron chi connectivity index (χ2n) is 7.60. The van der Waals surface area contributed by atoms with Crippen molar-refractivity contribution in [3.63, 3.8) is 0 Å². The number of hydrogen-bond acceptors (Lipinski definition) is 5. The lowest BCUT2D eigenvalue weighted by atomic mass is 10.2. The molecule has 3 aromatic carbocycles. The van der Waals surface area contributed by atoms with E-state index in [4.69, 9.17) is 4.99 Å². The summed E-state index contributed by atoms with van der Waals surface area (Å²) in [6.07, 6.45) is 0. The molecule has 2 amide bonds. The van der Waals surface area contributed by atoms with Gasteiger partial charge in [0.05, 0.1) is 11.4 Å². The van der Waals surface area contributed by atoms with Crippen LogP contribution in [0.15, 0.2) is 77.8 Å². The minimum Gasteiger partial charge on any atom is -0.335 e. The van der Waals surface area contributed by atoms with E-state index in [0.717, 1.165) is 39.8 Å². The van der Waals surface area contributed by atoms with E-state index in [1.165, 1.54) is 16.7 Å². The zero-order valence-corrected chi connectivity index (χ0v) is 19.7. The van der Waals surface area contributed by atoms with Gasteiger partial charge in [-0.3, -0.25) is 9.59 Å². The third kappa shape index (κ3) is 5.23. The van der Waals surface area contributed by atoms with Crippen LogP contribution in [0.3, 0.4) is 0 Å². The largest absolute Gasteiger partial charge is 0.335 e. The molecule has 162 valence electrons. The molecule has 1 aliphatic heterocycles. The summed E-state index contributed by atoms with van der Waals surface area (Å²) in [5.41, 5.74) is 5.46. The van der Waals surface area contributed by atoms with Gasteiger partial charge in [0.2, 0.25) is 0 Å². The van der Waals surface area contributed by atoms with E-state index in [9.17, 15) is 9.59 Å². The maximum atomic E-state index is 13.2. The number of carbonyl (C=O) groups excluding carboxylic acids is 2. The van der Waals surface area contributed by atoms with E-state index < -0.39 is 4.58 Å². The number of imide groups is 1. The Balaban J connectivity index is 1.62. The van der Waals surface area contributed by atoms with Gasteiger partial charge in [-0.25, -0.2) is 9.89 Å².